The summed E-state index contributed by atoms with van der Waals surface area (Å²) in [5, 5.41) is 0. The smallest absolute Gasteiger partial charge is 0.445 e. The Morgan fingerprint density at radius 1 is 1.18 bits per heavy atom. The zero-order valence-corrected chi connectivity index (χ0v) is 12.8. The molecule has 0 atom stereocenters. The Hall–Kier alpha value is 0.391. The van der Waals surface area contributed by atoms with E-state index < -0.39 is 28.4 Å². The third-order valence-electron chi connectivity index (χ3n) is 1.75. The normalized spacial score (nSPS) is 12.0. The van der Waals surface area contributed by atoms with E-state index in [0.29, 0.717) is 12.1 Å². The van der Waals surface area contributed by atoms with Gasteiger partial charge in [-0.2, -0.15) is 8.42 Å². The molecule has 0 aliphatic heterocycles. The molecule has 0 aromatic heterocycles. The van der Waals surface area contributed by atoms with Crippen LogP contribution in [-0.4, -0.2) is 15.4 Å². The number of nitrogens with two attached hydrogens (primary N) is 1. The van der Waals surface area contributed by atoms with Gasteiger partial charge in [-0.3, -0.25) is 0 Å². The van der Waals surface area contributed by atoms with Crippen LogP contribution in [-0.2, 0) is 16.0 Å². The number of halogens is 4. The fraction of sp³-hybridized carbons (Fsp3) is 0.143. The summed E-state index contributed by atoms with van der Waals surface area (Å²) in [5.74, 6) is -1.11. The van der Waals surface area contributed by atoms with Gasteiger partial charge < -0.3 is 18.7 Å². The minimum absolute atomic E-state index is 0. The molecule has 0 saturated heterocycles. The van der Waals surface area contributed by atoms with Crippen molar-refractivity contribution in [2.45, 2.75) is 5.75 Å². The molecule has 90 valence electrons. The summed E-state index contributed by atoms with van der Waals surface area (Å²) in [6.45, 7) is -5.29. The van der Waals surface area contributed by atoms with Crippen LogP contribution in [0.15, 0.2) is 18.2 Å². The minimum atomic E-state index is -5.29. The van der Waals surface area contributed by atoms with Crippen molar-refractivity contribution in [1.82, 2.24) is 0 Å². The number of benzene rings is 1. The predicted molar refractivity (Wildman–Crippen MR) is 53.3 cm³/mol. The van der Waals surface area contributed by atoms with Crippen LogP contribution in [0, 0.1) is 0 Å². The van der Waals surface area contributed by atoms with Crippen molar-refractivity contribution in [3.8, 4) is 0 Å². The summed E-state index contributed by atoms with van der Waals surface area (Å²) in [6, 6.07) is 2.24. The maximum atomic E-state index is 12.3. The minimum Gasteiger partial charge on any atom is -0.445 e. The molecule has 2 N–H and O–H groups in total. The van der Waals surface area contributed by atoms with Gasteiger partial charge in [0.1, 0.15) is 5.75 Å². The summed E-state index contributed by atoms with van der Waals surface area (Å²) in [7, 11) is -4.87. The van der Waals surface area contributed by atoms with E-state index in [2.05, 4.69) is 0 Å². The van der Waals surface area contributed by atoms with Crippen molar-refractivity contribution < 1.29 is 76.6 Å². The van der Waals surface area contributed by atoms with Crippen molar-refractivity contribution in [1.29, 1.82) is 0 Å². The Morgan fingerprint density at radius 3 is 2.12 bits per heavy atom. The third-order valence-corrected chi connectivity index (χ3v) is 2.43. The van der Waals surface area contributed by atoms with Gasteiger partial charge in [0.15, 0.2) is 0 Å². The van der Waals surface area contributed by atoms with Gasteiger partial charge in [0, 0.05) is 5.69 Å². The van der Waals surface area contributed by atoms with E-state index in [1.807, 2.05) is 0 Å². The standard InChI is InChI=1S/C7H7BF4NO2S.K/c9-8(10,11)6-1-5(2-7(13)3-6)4-16(12,14)15;/h1-3H,4,13H2;/q-1;+1. The van der Waals surface area contributed by atoms with Crippen LogP contribution in [0.1, 0.15) is 5.56 Å². The Labute approximate surface area is 138 Å². The molecule has 1 aromatic rings. The molecule has 0 aliphatic rings. The summed E-state index contributed by atoms with van der Waals surface area (Å²) >= 11 is 0. The average Bonchev–Trinajstić information content (AvgIpc) is 1.97. The molecule has 0 saturated carbocycles. The van der Waals surface area contributed by atoms with E-state index in [1.54, 1.807) is 0 Å². The van der Waals surface area contributed by atoms with Gasteiger partial charge in [-0.25, -0.2) is 0 Å². The second-order valence-electron chi connectivity index (χ2n) is 3.27. The van der Waals surface area contributed by atoms with E-state index >= 15 is 0 Å². The number of hydrogen-bond acceptors (Lipinski definition) is 3. The van der Waals surface area contributed by atoms with Crippen LogP contribution < -0.4 is 62.6 Å². The average molecular weight is 295 g/mol. The third kappa shape index (κ3) is 6.20. The van der Waals surface area contributed by atoms with Gasteiger partial charge >= 0.3 is 68.6 Å². The monoisotopic (exact) mass is 295 g/mol. The van der Waals surface area contributed by atoms with E-state index in [1.165, 1.54) is 0 Å². The molecule has 0 radical (unpaired) electrons. The number of anilines is 1. The quantitative estimate of drug-likeness (QED) is 0.307. The molecular formula is C7H7BF4KNO2S. The van der Waals surface area contributed by atoms with Gasteiger partial charge in [0.25, 0.3) is 0 Å². The van der Waals surface area contributed by atoms with E-state index in [0.717, 1.165) is 6.07 Å². The Morgan fingerprint density at radius 2 is 1.71 bits per heavy atom. The van der Waals surface area contributed by atoms with Crippen LogP contribution in [0.5, 0.6) is 0 Å². The van der Waals surface area contributed by atoms with Gasteiger partial charge in [-0.15, -0.1) is 9.35 Å². The molecule has 0 spiro atoms. The van der Waals surface area contributed by atoms with Gasteiger partial charge in [-0.05, 0) is 11.6 Å². The zero-order chi connectivity index (χ0) is 12.6. The second kappa shape index (κ2) is 6.02. The summed E-state index contributed by atoms with van der Waals surface area (Å²) < 4.78 is 69.9. The molecule has 0 fully saturated rings. The van der Waals surface area contributed by atoms with Crippen molar-refractivity contribution >= 4 is 28.4 Å². The summed E-state index contributed by atoms with van der Waals surface area (Å²) in [4.78, 5) is 0. The molecular weight excluding hydrogens is 288 g/mol. The first-order chi connectivity index (χ1) is 7.08. The number of nitrogen functional groups attached to an aromatic ring is 1. The Bertz CT molecular complexity index is 505. The molecule has 0 heterocycles. The fourth-order valence-corrected chi connectivity index (χ4v) is 1.78. The molecule has 10 heteroatoms. The fourth-order valence-electron chi connectivity index (χ4n) is 1.22. The molecule has 1 rings (SSSR count). The topological polar surface area (TPSA) is 60.2 Å². The molecule has 0 bridgehead atoms. The van der Waals surface area contributed by atoms with Gasteiger partial charge in [0.2, 0.25) is 0 Å². The van der Waals surface area contributed by atoms with Crippen LogP contribution >= 0.6 is 0 Å². The van der Waals surface area contributed by atoms with E-state index in [4.69, 9.17) is 5.73 Å². The van der Waals surface area contributed by atoms with Crippen molar-refractivity contribution in [2.24, 2.45) is 0 Å². The Balaban J connectivity index is 0.00000256. The summed E-state index contributed by atoms with van der Waals surface area (Å²) in [6.07, 6.45) is 0. The number of rotatable bonds is 3. The first kappa shape index (κ1) is 17.4. The number of hydrogen-bond donors (Lipinski definition) is 1. The largest absolute Gasteiger partial charge is 1.00 e. The molecule has 3 nitrogen and oxygen atoms in total. The second-order valence-corrected chi connectivity index (χ2v) is 4.63. The molecule has 17 heavy (non-hydrogen) atoms. The Kier molecular flexibility index (Phi) is 6.16. The molecule has 1 aromatic carbocycles. The van der Waals surface area contributed by atoms with Crippen LogP contribution in [0.25, 0.3) is 0 Å². The van der Waals surface area contributed by atoms with Crippen LogP contribution in [0.4, 0.5) is 22.5 Å². The zero-order valence-electron chi connectivity index (χ0n) is 8.83. The van der Waals surface area contributed by atoms with E-state index in [9.17, 15) is 25.3 Å². The molecule has 0 amide bonds. The van der Waals surface area contributed by atoms with Crippen molar-refractivity contribution in [2.75, 3.05) is 5.73 Å². The first-order valence-electron chi connectivity index (χ1n) is 4.09. The van der Waals surface area contributed by atoms with Crippen molar-refractivity contribution in [3.05, 3.63) is 23.8 Å². The maximum absolute atomic E-state index is 12.3. The predicted octanol–water partition coefficient (Wildman–Crippen LogP) is -1.87. The van der Waals surface area contributed by atoms with Gasteiger partial charge in [-0.1, -0.05) is 12.1 Å². The molecule has 0 unspecified atom stereocenters. The van der Waals surface area contributed by atoms with Crippen LogP contribution in [0.3, 0.4) is 0 Å². The first-order valence-corrected chi connectivity index (χ1v) is 5.65. The SMILES string of the molecule is Nc1cc(CS(=O)(=O)F)cc([B-](F)(F)F)c1.[K+]. The maximum Gasteiger partial charge on any atom is 1.00 e. The van der Waals surface area contributed by atoms with Gasteiger partial charge in [0.05, 0.1) is 0 Å². The van der Waals surface area contributed by atoms with Crippen molar-refractivity contribution in [3.63, 3.8) is 0 Å². The van der Waals surface area contributed by atoms with Crippen LogP contribution in [0.2, 0.25) is 0 Å². The summed E-state index contributed by atoms with van der Waals surface area (Å²) in [5.41, 5.74) is 3.55. The molecule has 0 aliphatic carbocycles. The van der Waals surface area contributed by atoms with E-state index in [-0.39, 0.29) is 62.6 Å².